The Balaban J connectivity index is 2.12. The van der Waals surface area contributed by atoms with Gasteiger partial charge in [-0.05, 0) is 58.7 Å². The SMILES string of the molecule is CCCN(CCC(C)NC)CC1CC1. The van der Waals surface area contributed by atoms with Crippen molar-refractivity contribution in [3.63, 3.8) is 0 Å². The van der Waals surface area contributed by atoms with E-state index < -0.39 is 0 Å². The summed E-state index contributed by atoms with van der Waals surface area (Å²) in [5, 5.41) is 3.30. The molecule has 0 aromatic heterocycles. The van der Waals surface area contributed by atoms with Crippen LogP contribution >= 0.6 is 0 Å². The lowest BCUT2D eigenvalue weighted by atomic mass is 10.2. The topological polar surface area (TPSA) is 15.3 Å². The zero-order chi connectivity index (χ0) is 10.4. The minimum Gasteiger partial charge on any atom is -0.317 e. The van der Waals surface area contributed by atoms with Crippen molar-refractivity contribution in [2.24, 2.45) is 5.92 Å². The van der Waals surface area contributed by atoms with Gasteiger partial charge in [0.25, 0.3) is 0 Å². The molecule has 1 saturated carbocycles. The summed E-state index contributed by atoms with van der Waals surface area (Å²) in [5.74, 6) is 1.03. The smallest absolute Gasteiger partial charge is 0.00479 e. The fourth-order valence-corrected chi connectivity index (χ4v) is 1.80. The van der Waals surface area contributed by atoms with E-state index in [-0.39, 0.29) is 0 Å². The summed E-state index contributed by atoms with van der Waals surface area (Å²) in [4.78, 5) is 2.64. The lowest BCUT2D eigenvalue weighted by Crippen LogP contribution is -2.32. The molecule has 2 heteroatoms. The lowest BCUT2D eigenvalue weighted by molar-refractivity contribution is 0.251. The summed E-state index contributed by atoms with van der Waals surface area (Å²) in [6.45, 7) is 8.45. The van der Waals surface area contributed by atoms with E-state index in [9.17, 15) is 0 Å². The van der Waals surface area contributed by atoms with E-state index in [2.05, 4.69) is 31.1 Å². The first kappa shape index (κ1) is 12.0. The van der Waals surface area contributed by atoms with Crippen molar-refractivity contribution in [1.29, 1.82) is 0 Å². The average Bonchev–Trinajstić information content (AvgIpc) is 2.98. The molecule has 1 aliphatic carbocycles. The fourth-order valence-electron chi connectivity index (χ4n) is 1.80. The van der Waals surface area contributed by atoms with Gasteiger partial charge in [0.15, 0.2) is 0 Å². The Morgan fingerprint density at radius 3 is 2.57 bits per heavy atom. The molecule has 1 rings (SSSR count). The number of nitrogens with one attached hydrogen (secondary N) is 1. The van der Waals surface area contributed by atoms with Gasteiger partial charge in [-0.2, -0.15) is 0 Å². The van der Waals surface area contributed by atoms with Crippen molar-refractivity contribution in [3.8, 4) is 0 Å². The molecule has 0 aliphatic heterocycles. The largest absolute Gasteiger partial charge is 0.317 e. The summed E-state index contributed by atoms with van der Waals surface area (Å²) >= 11 is 0. The molecule has 84 valence electrons. The maximum atomic E-state index is 3.30. The van der Waals surface area contributed by atoms with Gasteiger partial charge in [-0.3, -0.25) is 0 Å². The van der Waals surface area contributed by atoms with Crippen LogP contribution in [0, 0.1) is 5.92 Å². The van der Waals surface area contributed by atoms with Crippen LogP contribution in [0.3, 0.4) is 0 Å². The molecule has 0 aromatic rings. The molecule has 2 nitrogen and oxygen atoms in total. The van der Waals surface area contributed by atoms with Crippen LogP contribution in [-0.4, -0.2) is 37.6 Å². The maximum absolute atomic E-state index is 3.30. The van der Waals surface area contributed by atoms with Crippen molar-refractivity contribution >= 4 is 0 Å². The average molecular weight is 198 g/mol. The second-order valence-electron chi connectivity index (χ2n) is 4.72. The molecule has 0 heterocycles. The standard InChI is InChI=1S/C12H26N2/c1-4-8-14(10-12-5-6-12)9-7-11(2)13-3/h11-13H,4-10H2,1-3H3. The minimum atomic E-state index is 0.661. The molecule has 0 aromatic carbocycles. The highest BCUT2D eigenvalue weighted by Crippen LogP contribution is 2.29. The van der Waals surface area contributed by atoms with E-state index in [1.807, 2.05) is 0 Å². The van der Waals surface area contributed by atoms with E-state index in [1.165, 1.54) is 45.3 Å². The van der Waals surface area contributed by atoms with Crippen molar-refractivity contribution in [2.45, 2.75) is 45.6 Å². The summed E-state index contributed by atoms with van der Waals surface area (Å²) in [6.07, 6.45) is 5.52. The molecule has 0 amide bonds. The summed E-state index contributed by atoms with van der Waals surface area (Å²) in [6, 6.07) is 0.661. The predicted octanol–water partition coefficient (Wildman–Crippen LogP) is 2.11. The fraction of sp³-hybridized carbons (Fsp3) is 1.00. The van der Waals surface area contributed by atoms with Crippen LogP contribution in [0.25, 0.3) is 0 Å². The first-order valence-electron chi connectivity index (χ1n) is 6.15. The highest BCUT2D eigenvalue weighted by atomic mass is 15.1. The Morgan fingerprint density at radius 1 is 1.36 bits per heavy atom. The molecule has 1 N–H and O–H groups in total. The molecular weight excluding hydrogens is 172 g/mol. The molecule has 1 fully saturated rings. The zero-order valence-electron chi connectivity index (χ0n) is 10.1. The van der Waals surface area contributed by atoms with Gasteiger partial charge < -0.3 is 10.2 Å². The van der Waals surface area contributed by atoms with E-state index in [0.29, 0.717) is 6.04 Å². The van der Waals surface area contributed by atoms with Crippen LogP contribution in [0.1, 0.15) is 39.5 Å². The molecule has 1 atom stereocenters. The number of rotatable bonds is 8. The second kappa shape index (κ2) is 6.41. The molecule has 1 unspecified atom stereocenters. The van der Waals surface area contributed by atoms with Crippen LogP contribution in [-0.2, 0) is 0 Å². The van der Waals surface area contributed by atoms with Gasteiger partial charge in [0, 0.05) is 12.6 Å². The number of hydrogen-bond acceptors (Lipinski definition) is 2. The Hall–Kier alpha value is -0.0800. The summed E-state index contributed by atoms with van der Waals surface area (Å²) in [7, 11) is 2.05. The summed E-state index contributed by atoms with van der Waals surface area (Å²) < 4.78 is 0. The lowest BCUT2D eigenvalue weighted by Gasteiger charge is -2.23. The molecule has 0 bridgehead atoms. The van der Waals surface area contributed by atoms with Crippen LogP contribution in [0.4, 0.5) is 0 Å². The van der Waals surface area contributed by atoms with Crippen LogP contribution < -0.4 is 5.32 Å². The Labute approximate surface area is 89.1 Å². The predicted molar refractivity (Wildman–Crippen MR) is 62.6 cm³/mol. The van der Waals surface area contributed by atoms with Crippen molar-refractivity contribution < 1.29 is 0 Å². The number of hydrogen-bond donors (Lipinski definition) is 1. The van der Waals surface area contributed by atoms with Crippen molar-refractivity contribution in [2.75, 3.05) is 26.7 Å². The highest BCUT2D eigenvalue weighted by Gasteiger charge is 2.23. The second-order valence-corrected chi connectivity index (χ2v) is 4.72. The molecule has 0 saturated heterocycles. The Bertz CT molecular complexity index is 143. The van der Waals surface area contributed by atoms with Gasteiger partial charge in [-0.15, -0.1) is 0 Å². The molecule has 0 radical (unpaired) electrons. The Kier molecular flexibility index (Phi) is 5.49. The van der Waals surface area contributed by atoms with Crippen LogP contribution in [0.5, 0.6) is 0 Å². The maximum Gasteiger partial charge on any atom is 0.00479 e. The van der Waals surface area contributed by atoms with E-state index in [0.717, 1.165) is 5.92 Å². The molecular formula is C12H26N2. The molecule has 0 spiro atoms. The van der Waals surface area contributed by atoms with Gasteiger partial charge in [-0.1, -0.05) is 6.92 Å². The normalized spacial score (nSPS) is 18.9. The number of nitrogens with zero attached hydrogens (tertiary/aromatic N) is 1. The van der Waals surface area contributed by atoms with Gasteiger partial charge in [0.05, 0.1) is 0 Å². The summed E-state index contributed by atoms with van der Waals surface area (Å²) in [5.41, 5.74) is 0. The van der Waals surface area contributed by atoms with Crippen molar-refractivity contribution in [1.82, 2.24) is 10.2 Å². The van der Waals surface area contributed by atoms with Gasteiger partial charge >= 0.3 is 0 Å². The third kappa shape index (κ3) is 4.97. The molecule has 14 heavy (non-hydrogen) atoms. The first-order valence-corrected chi connectivity index (χ1v) is 6.15. The quantitative estimate of drug-likeness (QED) is 0.642. The zero-order valence-corrected chi connectivity index (χ0v) is 10.1. The first-order chi connectivity index (χ1) is 6.76. The third-order valence-corrected chi connectivity index (χ3v) is 3.12. The monoisotopic (exact) mass is 198 g/mol. The van der Waals surface area contributed by atoms with Crippen LogP contribution in [0.15, 0.2) is 0 Å². The minimum absolute atomic E-state index is 0.661. The highest BCUT2D eigenvalue weighted by molar-refractivity contribution is 4.77. The van der Waals surface area contributed by atoms with Gasteiger partial charge in [0.1, 0.15) is 0 Å². The van der Waals surface area contributed by atoms with Gasteiger partial charge in [-0.25, -0.2) is 0 Å². The van der Waals surface area contributed by atoms with Crippen molar-refractivity contribution in [3.05, 3.63) is 0 Å². The third-order valence-electron chi connectivity index (χ3n) is 3.12. The Morgan fingerprint density at radius 2 is 2.07 bits per heavy atom. The van der Waals surface area contributed by atoms with E-state index >= 15 is 0 Å². The van der Waals surface area contributed by atoms with Gasteiger partial charge in [0.2, 0.25) is 0 Å². The van der Waals surface area contributed by atoms with Crippen LogP contribution in [0.2, 0.25) is 0 Å². The van der Waals surface area contributed by atoms with E-state index in [4.69, 9.17) is 0 Å². The molecule has 1 aliphatic rings. The van der Waals surface area contributed by atoms with E-state index in [1.54, 1.807) is 0 Å².